The largest absolute Gasteiger partial charge is 0.326 e. The predicted octanol–water partition coefficient (Wildman–Crippen LogP) is 2.48. The van der Waals surface area contributed by atoms with Crippen molar-refractivity contribution in [3.05, 3.63) is 35.0 Å². The minimum absolute atomic E-state index is 0.0271. The smallest absolute Gasteiger partial charge is 0.224 e. The fraction of sp³-hybridized carbons (Fsp3) is 0.300. The van der Waals surface area contributed by atoms with E-state index in [1.165, 1.54) is 0 Å². The van der Waals surface area contributed by atoms with Crippen LogP contribution in [0.25, 0.3) is 0 Å². The summed E-state index contributed by atoms with van der Waals surface area (Å²) in [5.41, 5.74) is 1.71. The Labute approximate surface area is 83.0 Å². The number of nitrogens with one attached hydrogen (secondary N) is 1. The van der Waals surface area contributed by atoms with Crippen molar-refractivity contribution in [2.24, 2.45) is 0 Å². The molecular weight excluding hydrogens is 186 g/mol. The molecule has 1 amide bonds. The monoisotopic (exact) mass is 197 g/mol. The first-order valence-corrected chi connectivity index (χ1v) is 4.54. The van der Waals surface area contributed by atoms with Gasteiger partial charge in [-0.3, -0.25) is 4.79 Å². The van der Waals surface area contributed by atoms with Crippen LogP contribution < -0.4 is 5.32 Å². The van der Waals surface area contributed by atoms with Gasteiger partial charge >= 0.3 is 0 Å². The Morgan fingerprint density at radius 3 is 2.85 bits per heavy atom. The Morgan fingerprint density at radius 1 is 1.62 bits per heavy atom. The van der Waals surface area contributed by atoms with Crippen molar-refractivity contribution in [2.75, 3.05) is 0 Å². The average molecular weight is 198 g/mol. The highest BCUT2D eigenvalue weighted by Crippen LogP contribution is 2.25. The van der Waals surface area contributed by atoms with Crippen molar-refractivity contribution in [3.8, 4) is 0 Å². The maximum Gasteiger partial charge on any atom is 0.224 e. The summed E-state index contributed by atoms with van der Waals surface area (Å²) < 4.78 is 0. The van der Waals surface area contributed by atoms with E-state index in [4.69, 9.17) is 11.6 Å². The molecule has 0 saturated carbocycles. The number of hydrogen-bond acceptors (Lipinski definition) is 1. The van der Waals surface area contributed by atoms with Gasteiger partial charge in [-0.05, 0) is 25.0 Å². The van der Waals surface area contributed by atoms with Gasteiger partial charge in [-0.2, -0.15) is 0 Å². The normalized spacial score (nSPS) is 18.6. The second-order valence-electron chi connectivity index (χ2n) is 2.78. The van der Waals surface area contributed by atoms with Crippen molar-refractivity contribution < 1.29 is 4.79 Å². The molecule has 0 unspecified atom stereocenters. The van der Waals surface area contributed by atoms with Crippen LogP contribution in [0.1, 0.15) is 19.8 Å². The van der Waals surface area contributed by atoms with Crippen LogP contribution in [0.5, 0.6) is 0 Å². The lowest BCUT2D eigenvalue weighted by Gasteiger charge is -2.18. The fourth-order valence-corrected chi connectivity index (χ4v) is 1.45. The summed E-state index contributed by atoms with van der Waals surface area (Å²) in [7, 11) is 0. The summed E-state index contributed by atoms with van der Waals surface area (Å²) in [4.78, 5) is 11.0. The molecule has 70 valence electrons. The molecule has 2 nitrogen and oxygen atoms in total. The molecule has 0 fully saturated rings. The molecule has 0 spiro atoms. The molecule has 13 heavy (non-hydrogen) atoms. The van der Waals surface area contributed by atoms with Crippen LogP contribution in [0.4, 0.5) is 0 Å². The van der Waals surface area contributed by atoms with Crippen LogP contribution in [0.15, 0.2) is 35.0 Å². The Morgan fingerprint density at radius 2 is 2.31 bits per heavy atom. The van der Waals surface area contributed by atoms with Gasteiger partial charge in [0.25, 0.3) is 0 Å². The summed E-state index contributed by atoms with van der Waals surface area (Å²) in [5, 5.41) is 3.42. The molecule has 1 aliphatic heterocycles. The third-order valence-electron chi connectivity index (χ3n) is 1.95. The molecule has 0 aliphatic carbocycles. The van der Waals surface area contributed by atoms with Gasteiger partial charge in [0.2, 0.25) is 5.91 Å². The summed E-state index contributed by atoms with van der Waals surface area (Å²) in [6.45, 7) is 5.49. The van der Waals surface area contributed by atoms with Crippen LogP contribution >= 0.6 is 11.6 Å². The number of carbonyl (C=O) groups is 1. The van der Waals surface area contributed by atoms with Crippen molar-refractivity contribution in [1.29, 1.82) is 0 Å². The molecular formula is C10H12ClNO. The molecule has 1 rings (SSSR count). The summed E-state index contributed by atoms with van der Waals surface area (Å²) in [5.74, 6) is 0.0271. The highest BCUT2D eigenvalue weighted by atomic mass is 35.5. The SMILES string of the molecule is C=CC1=C(/C(Cl)=C\C)CCC(=O)N1. The van der Waals surface area contributed by atoms with E-state index in [2.05, 4.69) is 11.9 Å². The molecule has 0 aromatic rings. The number of hydrogen-bond donors (Lipinski definition) is 1. The van der Waals surface area contributed by atoms with Crippen molar-refractivity contribution in [3.63, 3.8) is 0 Å². The predicted molar refractivity (Wildman–Crippen MR) is 54.2 cm³/mol. The van der Waals surface area contributed by atoms with E-state index in [0.29, 0.717) is 17.9 Å². The van der Waals surface area contributed by atoms with Crippen molar-refractivity contribution in [2.45, 2.75) is 19.8 Å². The van der Waals surface area contributed by atoms with Gasteiger partial charge in [0, 0.05) is 17.2 Å². The van der Waals surface area contributed by atoms with E-state index >= 15 is 0 Å². The number of amides is 1. The highest BCUT2D eigenvalue weighted by Gasteiger charge is 2.17. The third-order valence-corrected chi connectivity index (χ3v) is 2.39. The quantitative estimate of drug-likeness (QED) is 0.724. The minimum Gasteiger partial charge on any atom is -0.326 e. The van der Waals surface area contributed by atoms with E-state index in [1.54, 1.807) is 6.08 Å². The van der Waals surface area contributed by atoms with Crippen LogP contribution in [-0.2, 0) is 4.79 Å². The number of rotatable bonds is 2. The molecule has 3 heteroatoms. The van der Waals surface area contributed by atoms with Crippen molar-refractivity contribution >= 4 is 17.5 Å². The summed E-state index contributed by atoms with van der Waals surface area (Å²) in [6.07, 6.45) is 4.63. The summed E-state index contributed by atoms with van der Waals surface area (Å²) >= 11 is 5.97. The highest BCUT2D eigenvalue weighted by molar-refractivity contribution is 6.32. The molecule has 1 heterocycles. The van der Waals surface area contributed by atoms with E-state index in [9.17, 15) is 4.79 Å². The van der Waals surface area contributed by atoms with Crippen LogP contribution in [0.3, 0.4) is 0 Å². The molecule has 0 aromatic heterocycles. The van der Waals surface area contributed by atoms with E-state index in [-0.39, 0.29) is 5.91 Å². The van der Waals surface area contributed by atoms with Crippen LogP contribution in [0, 0.1) is 0 Å². The number of carbonyl (C=O) groups excluding carboxylic acids is 1. The minimum atomic E-state index is 0.0271. The first-order valence-electron chi connectivity index (χ1n) is 4.16. The Bertz CT molecular complexity index is 302. The zero-order valence-electron chi connectivity index (χ0n) is 7.56. The van der Waals surface area contributed by atoms with Gasteiger partial charge in [0.1, 0.15) is 0 Å². The van der Waals surface area contributed by atoms with E-state index in [0.717, 1.165) is 11.3 Å². The Kier molecular flexibility index (Phi) is 3.32. The molecule has 1 N–H and O–H groups in total. The first kappa shape index (κ1) is 10.1. The van der Waals surface area contributed by atoms with Gasteiger partial charge < -0.3 is 5.32 Å². The lowest BCUT2D eigenvalue weighted by Crippen LogP contribution is -2.27. The third kappa shape index (κ3) is 2.22. The standard InChI is InChI=1S/C10H12ClNO/c1-3-8(11)7-5-6-10(13)12-9(7)4-2/h3-4H,2,5-6H2,1H3,(H,12,13)/b8-3+. The summed E-state index contributed by atoms with van der Waals surface area (Å²) in [6, 6.07) is 0. The van der Waals surface area contributed by atoms with E-state index in [1.807, 2.05) is 13.0 Å². The molecule has 0 saturated heterocycles. The lowest BCUT2D eigenvalue weighted by molar-refractivity contribution is -0.120. The lowest BCUT2D eigenvalue weighted by atomic mass is 10.0. The number of halogens is 1. The average Bonchev–Trinajstić information content (AvgIpc) is 2.16. The Hall–Kier alpha value is -1.02. The second-order valence-corrected chi connectivity index (χ2v) is 3.19. The van der Waals surface area contributed by atoms with E-state index < -0.39 is 0 Å². The molecule has 0 aromatic carbocycles. The van der Waals surface area contributed by atoms with Gasteiger partial charge in [0.05, 0.1) is 0 Å². The van der Waals surface area contributed by atoms with Crippen LogP contribution in [0.2, 0.25) is 0 Å². The second kappa shape index (κ2) is 4.28. The van der Waals surface area contributed by atoms with Gasteiger partial charge in [-0.25, -0.2) is 0 Å². The topological polar surface area (TPSA) is 29.1 Å². The van der Waals surface area contributed by atoms with Crippen LogP contribution in [-0.4, -0.2) is 5.91 Å². The fourth-order valence-electron chi connectivity index (χ4n) is 1.26. The maximum atomic E-state index is 11.0. The zero-order chi connectivity index (χ0) is 9.84. The molecule has 1 aliphatic rings. The zero-order valence-corrected chi connectivity index (χ0v) is 8.32. The molecule has 0 bridgehead atoms. The van der Waals surface area contributed by atoms with Gasteiger partial charge in [0.15, 0.2) is 0 Å². The first-order chi connectivity index (χ1) is 6.19. The molecule has 0 atom stereocenters. The Balaban J connectivity index is 3.02. The number of allylic oxidation sites excluding steroid dienone is 4. The molecule has 0 radical (unpaired) electrons. The van der Waals surface area contributed by atoms with Gasteiger partial charge in [-0.15, -0.1) is 0 Å². The van der Waals surface area contributed by atoms with Crippen molar-refractivity contribution in [1.82, 2.24) is 5.32 Å². The maximum absolute atomic E-state index is 11.0. The van der Waals surface area contributed by atoms with Gasteiger partial charge in [-0.1, -0.05) is 24.3 Å².